The van der Waals surface area contributed by atoms with Gasteiger partial charge in [0.25, 0.3) is 6.43 Å². The summed E-state index contributed by atoms with van der Waals surface area (Å²) in [6, 6.07) is 13.1. The second-order valence-corrected chi connectivity index (χ2v) is 6.11. The molecule has 2 aromatic carbocycles. The van der Waals surface area contributed by atoms with Gasteiger partial charge in [0.1, 0.15) is 12.7 Å². The maximum absolute atomic E-state index is 12.5. The topological polar surface area (TPSA) is 95.9 Å². The molecule has 142 valence electrons. The lowest BCUT2D eigenvalue weighted by Gasteiger charge is -2.20. The zero-order valence-electron chi connectivity index (χ0n) is 14.0. The highest BCUT2D eigenvalue weighted by Crippen LogP contribution is 2.44. The smallest absolute Gasteiger partial charge is 0.407 e. The number of aliphatic carboxylic acids is 1. The summed E-state index contributed by atoms with van der Waals surface area (Å²) in [7, 11) is 0. The largest absolute Gasteiger partial charge is 0.480 e. The van der Waals surface area contributed by atoms with Gasteiger partial charge in [-0.05, 0) is 22.3 Å². The Morgan fingerprint density at radius 2 is 1.56 bits per heavy atom. The van der Waals surface area contributed by atoms with Crippen molar-refractivity contribution >= 4 is 12.1 Å². The van der Waals surface area contributed by atoms with Gasteiger partial charge in [0.2, 0.25) is 0 Å². The Balaban J connectivity index is 1.71. The third-order valence-corrected chi connectivity index (χ3v) is 4.48. The molecule has 0 unspecified atom stereocenters. The van der Waals surface area contributed by atoms with Crippen molar-refractivity contribution in [2.75, 3.05) is 6.61 Å². The highest BCUT2D eigenvalue weighted by Gasteiger charge is 2.35. The first-order valence-corrected chi connectivity index (χ1v) is 8.20. The van der Waals surface area contributed by atoms with Crippen LogP contribution in [0.2, 0.25) is 0 Å². The van der Waals surface area contributed by atoms with Crippen LogP contribution in [0.4, 0.5) is 13.6 Å². The molecule has 0 heterocycles. The van der Waals surface area contributed by atoms with Crippen LogP contribution >= 0.6 is 0 Å². The van der Waals surface area contributed by atoms with E-state index in [0.29, 0.717) is 0 Å². The first-order chi connectivity index (χ1) is 12.9. The van der Waals surface area contributed by atoms with Crippen molar-refractivity contribution in [3.63, 3.8) is 0 Å². The lowest BCUT2D eigenvalue weighted by molar-refractivity contribution is -0.146. The fraction of sp³-hybridized carbons (Fsp3) is 0.263. The Kier molecular flexibility index (Phi) is 5.36. The Morgan fingerprint density at radius 3 is 2.04 bits per heavy atom. The second-order valence-electron chi connectivity index (χ2n) is 6.11. The number of carbonyl (C=O) groups is 2. The van der Waals surface area contributed by atoms with Gasteiger partial charge in [-0.25, -0.2) is 18.4 Å². The summed E-state index contributed by atoms with van der Waals surface area (Å²) in [6.07, 6.45) is -7.05. The normalized spacial score (nSPS) is 15.0. The average Bonchev–Trinajstić information content (AvgIpc) is 2.97. The predicted molar refractivity (Wildman–Crippen MR) is 91.6 cm³/mol. The van der Waals surface area contributed by atoms with Crippen LogP contribution in [-0.4, -0.2) is 47.5 Å². The predicted octanol–water partition coefficient (Wildman–Crippen LogP) is 2.60. The Morgan fingerprint density at radius 1 is 1.04 bits per heavy atom. The van der Waals surface area contributed by atoms with E-state index in [1.807, 2.05) is 48.5 Å². The van der Waals surface area contributed by atoms with E-state index in [0.717, 1.165) is 22.3 Å². The third-order valence-electron chi connectivity index (χ3n) is 4.48. The summed E-state index contributed by atoms with van der Waals surface area (Å²) in [6.45, 7) is -0.100. The quantitative estimate of drug-likeness (QED) is 0.719. The molecule has 0 aliphatic heterocycles. The Bertz CT molecular complexity index is 812. The van der Waals surface area contributed by atoms with E-state index in [4.69, 9.17) is 9.84 Å². The van der Waals surface area contributed by atoms with Crippen molar-refractivity contribution in [1.29, 1.82) is 0 Å². The number of alkyl halides is 2. The minimum absolute atomic E-state index is 0.100. The SMILES string of the molecule is O=C(N[C@H](C(=O)O)[C@@H](O)C(F)F)OCC1c2ccccc2-c2ccccc21. The van der Waals surface area contributed by atoms with E-state index in [1.54, 1.807) is 5.32 Å². The number of aliphatic hydroxyl groups excluding tert-OH is 1. The number of halogens is 2. The molecule has 0 saturated heterocycles. The lowest BCUT2D eigenvalue weighted by Crippen LogP contribution is -2.51. The maximum Gasteiger partial charge on any atom is 0.407 e. The number of hydrogen-bond acceptors (Lipinski definition) is 4. The van der Waals surface area contributed by atoms with E-state index in [9.17, 15) is 23.5 Å². The molecule has 0 fully saturated rings. The van der Waals surface area contributed by atoms with Crippen molar-refractivity contribution in [1.82, 2.24) is 5.32 Å². The fourth-order valence-corrected chi connectivity index (χ4v) is 3.21. The molecule has 1 amide bonds. The van der Waals surface area contributed by atoms with E-state index in [-0.39, 0.29) is 12.5 Å². The van der Waals surface area contributed by atoms with Crippen LogP contribution in [0.5, 0.6) is 0 Å². The van der Waals surface area contributed by atoms with Gasteiger partial charge in [-0.15, -0.1) is 0 Å². The summed E-state index contributed by atoms with van der Waals surface area (Å²) in [5.74, 6) is -2.04. The Hall–Kier alpha value is -3.00. The van der Waals surface area contributed by atoms with Crippen LogP contribution in [0, 0.1) is 0 Å². The van der Waals surface area contributed by atoms with Gasteiger partial charge in [-0.1, -0.05) is 48.5 Å². The highest BCUT2D eigenvalue weighted by atomic mass is 19.3. The number of carbonyl (C=O) groups excluding carboxylic acids is 1. The molecule has 3 rings (SSSR count). The molecule has 27 heavy (non-hydrogen) atoms. The molecular formula is C19H17F2NO5. The number of rotatable bonds is 6. The average molecular weight is 377 g/mol. The maximum atomic E-state index is 12.5. The minimum atomic E-state index is -3.32. The lowest BCUT2D eigenvalue weighted by atomic mass is 9.98. The first kappa shape index (κ1) is 18.8. The van der Waals surface area contributed by atoms with E-state index in [2.05, 4.69) is 0 Å². The summed E-state index contributed by atoms with van der Waals surface area (Å²) in [4.78, 5) is 22.9. The van der Waals surface area contributed by atoms with Gasteiger partial charge in [0.05, 0.1) is 0 Å². The zero-order valence-corrected chi connectivity index (χ0v) is 14.0. The molecule has 0 aromatic heterocycles. The van der Waals surface area contributed by atoms with Crippen molar-refractivity contribution in [3.05, 3.63) is 59.7 Å². The van der Waals surface area contributed by atoms with Gasteiger partial charge < -0.3 is 20.3 Å². The van der Waals surface area contributed by atoms with Crippen LogP contribution in [0.15, 0.2) is 48.5 Å². The van der Waals surface area contributed by atoms with Crippen LogP contribution in [0.1, 0.15) is 17.0 Å². The van der Waals surface area contributed by atoms with Gasteiger partial charge in [0.15, 0.2) is 6.04 Å². The standard InChI is InChI=1S/C19H17F2NO5/c20-17(21)16(23)15(18(24)25)22-19(26)27-9-14-12-7-3-1-5-10(12)11-6-2-4-8-13(11)14/h1-8,14-17,23H,9H2,(H,22,26)(H,24,25)/t15-,16+/m0/s1. The fourth-order valence-electron chi connectivity index (χ4n) is 3.21. The van der Waals surface area contributed by atoms with Gasteiger partial charge in [-0.2, -0.15) is 0 Å². The molecule has 0 bridgehead atoms. The van der Waals surface area contributed by atoms with Crippen molar-refractivity contribution < 1.29 is 33.3 Å². The summed E-state index contributed by atoms with van der Waals surface area (Å²) in [5.41, 5.74) is 3.93. The molecular weight excluding hydrogens is 360 g/mol. The monoisotopic (exact) mass is 377 g/mol. The van der Waals surface area contributed by atoms with E-state index < -0.39 is 30.6 Å². The summed E-state index contributed by atoms with van der Waals surface area (Å²) < 4.78 is 30.2. The van der Waals surface area contributed by atoms with Gasteiger partial charge in [-0.3, -0.25) is 0 Å². The molecule has 2 atom stereocenters. The minimum Gasteiger partial charge on any atom is -0.480 e. The van der Waals surface area contributed by atoms with E-state index >= 15 is 0 Å². The number of hydrogen-bond donors (Lipinski definition) is 3. The number of benzene rings is 2. The van der Waals surface area contributed by atoms with Crippen molar-refractivity contribution in [2.45, 2.75) is 24.5 Å². The molecule has 1 aliphatic carbocycles. The highest BCUT2D eigenvalue weighted by molar-refractivity contribution is 5.81. The number of alkyl carbamates (subject to hydrolysis) is 1. The molecule has 8 heteroatoms. The van der Waals surface area contributed by atoms with Crippen molar-refractivity contribution in [3.8, 4) is 11.1 Å². The summed E-state index contributed by atoms with van der Waals surface area (Å²) in [5, 5.41) is 19.9. The molecule has 1 aliphatic rings. The van der Waals surface area contributed by atoms with Crippen LogP contribution < -0.4 is 5.32 Å². The third kappa shape index (κ3) is 3.75. The zero-order chi connectivity index (χ0) is 19.6. The molecule has 6 nitrogen and oxygen atoms in total. The summed E-state index contributed by atoms with van der Waals surface area (Å²) >= 11 is 0. The van der Waals surface area contributed by atoms with Gasteiger partial charge >= 0.3 is 12.1 Å². The number of fused-ring (bicyclic) bond motifs is 3. The first-order valence-electron chi connectivity index (χ1n) is 8.20. The number of aliphatic hydroxyl groups is 1. The Labute approximate surface area is 153 Å². The van der Waals surface area contributed by atoms with Crippen LogP contribution in [0.3, 0.4) is 0 Å². The number of carboxylic acids is 1. The second kappa shape index (κ2) is 7.71. The molecule has 3 N–H and O–H groups in total. The van der Waals surface area contributed by atoms with Crippen molar-refractivity contribution in [2.24, 2.45) is 0 Å². The molecule has 0 saturated carbocycles. The molecule has 0 spiro atoms. The number of nitrogens with one attached hydrogen (secondary N) is 1. The van der Waals surface area contributed by atoms with Gasteiger partial charge in [0, 0.05) is 5.92 Å². The number of ether oxygens (including phenoxy) is 1. The molecule has 0 radical (unpaired) electrons. The van der Waals surface area contributed by atoms with E-state index in [1.165, 1.54) is 0 Å². The number of carboxylic acid groups (broad SMARTS) is 1. The number of amides is 1. The van der Waals surface area contributed by atoms with Crippen LogP contribution in [0.25, 0.3) is 11.1 Å². The van der Waals surface area contributed by atoms with Crippen LogP contribution in [-0.2, 0) is 9.53 Å². The molecule has 2 aromatic rings.